The fraction of sp³-hybridized carbons (Fsp3) is 0.312. The molecular formula is C16H19ClN3O3+. The Labute approximate surface area is 139 Å². The standard InChI is InChI=1S/C16H18ClN3O3/c1-8-5-20(7-21)6-12(17)14(13(9(2)18)11(4)22)15(23)16(20)19-10(8)3/h6-7H,5H2,1-4H3,(H2-,18,19,22,23)/p+1. The number of amides is 1. The van der Waals surface area contributed by atoms with Crippen LogP contribution in [0.5, 0.6) is 0 Å². The van der Waals surface area contributed by atoms with Gasteiger partial charge >= 0.3 is 6.41 Å². The summed E-state index contributed by atoms with van der Waals surface area (Å²) in [6.07, 6.45) is 2.14. The summed E-state index contributed by atoms with van der Waals surface area (Å²) >= 11 is 6.29. The highest BCUT2D eigenvalue weighted by atomic mass is 35.5. The Morgan fingerprint density at radius 3 is 2.52 bits per heavy atom. The van der Waals surface area contributed by atoms with E-state index in [1.165, 1.54) is 13.1 Å². The number of carbonyl (C=O) groups excluding carboxylic acids is 2. The minimum atomic E-state index is -0.341. The Hall–Kier alpha value is -2.18. The minimum absolute atomic E-state index is 0.0934. The number of aliphatic hydroxyl groups is 1. The summed E-state index contributed by atoms with van der Waals surface area (Å²) in [4.78, 5) is 28.0. The van der Waals surface area contributed by atoms with Crippen LogP contribution in [-0.2, 0) is 9.59 Å². The number of aliphatic imine (C=N–C) groups is 1. The topological polar surface area (TPSA) is 92.8 Å². The first-order valence-corrected chi connectivity index (χ1v) is 7.41. The number of amidine groups is 1. The first-order chi connectivity index (χ1) is 10.6. The van der Waals surface area contributed by atoms with Gasteiger partial charge in [-0.05, 0) is 27.7 Å². The average Bonchev–Trinajstić information content (AvgIpc) is 2.45. The van der Waals surface area contributed by atoms with Gasteiger partial charge in [0.05, 0.1) is 5.57 Å². The van der Waals surface area contributed by atoms with E-state index in [4.69, 9.17) is 17.3 Å². The van der Waals surface area contributed by atoms with Crippen LogP contribution >= 0.6 is 11.6 Å². The molecule has 2 heterocycles. The summed E-state index contributed by atoms with van der Waals surface area (Å²) < 4.78 is -0.341. The van der Waals surface area contributed by atoms with E-state index in [0.717, 1.165) is 5.57 Å². The van der Waals surface area contributed by atoms with Crippen molar-refractivity contribution in [3.8, 4) is 0 Å². The van der Waals surface area contributed by atoms with Crippen molar-refractivity contribution in [3.05, 3.63) is 45.1 Å². The summed E-state index contributed by atoms with van der Waals surface area (Å²) in [7, 11) is 0. The molecule has 2 aliphatic rings. The van der Waals surface area contributed by atoms with Gasteiger partial charge in [-0.3, -0.25) is 4.79 Å². The van der Waals surface area contributed by atoms with Gasteiger partial charge in [0.1, 0.15) is 17.8 Å². The van der Waals surface area contributed by atoms with Crippen molar-refractivity contribution < 1.29 is 19.2 Å². The van der Waals surface area contributed by atoms with Crippen molar-refractivity contribution in [2.24, 2.45) is 10.7 Å². The van der Waals surface area contributed by atoms with Gasteiger partial charge in [0.15, 0.2) is 5.78 Å². The van der Waals surface area contributed by atoms with Gasteiger partial charge in [0, 0.05) is 22.5 Å². The number of rotatable bonds is 3. The molecule has 0 aliphatic carbocycles. The number of hydrogen-bond donors (Lipinski definition) is 2. The Bertz CT molecular complexity index is 767. The van der Waals surface area contributed by atoms with Crippen molar-refractivity contribution in [1.29, 1.82) is 0 Å². The van der Waals surface area contributed by atoms with Crippen molar-refractivity contribution in [2.45, 2.75) is 27.7 Å². The number of fused-ring (bicyclic) bond motifs is 1. The molecule has 2 rings (SSSR count). The van der Waals surface area contributed by atoms with Crippen molar-refractivity contribution in [3.63, 3.8) is 0 Å². The van der Waals surface area contributed by atoms with Crippen LogP contribution in [0.1, 0.15) is 27.7 Å². The fourth-order valence-electron chi connectivity index (χ4n) is 2.78. The second kappa shape index (κ2) is 5.79. The molecule has 1 atom stereocenters. The highest BCUT2D eigenvalue weighted by Gasteiger charge is 2.45. The first-order valence-electron chi connectivity index (χ1n) is 7.04. The first kappa shape index (κ1) is 17.2. The quantitative estimate of drug-likeness (QED) is 0.470. The van der Waals surface area contributed by atoms with Crippen molar-refractivity contribution in [1.82, 2.24) is 0 Å². The molecule has 0 spiro atoms. The predicted molar refractivity (Wildman–Crippen MR) is 88.2 cm³/mol. The Balaban J connectivity index is 2.81. The normalized spacial score (nSPS) is 25.4. The number of nitrogens with two attached hydrogens (primary N) is 1. The molecule has 3 N–H and O–H groups in total. The van der Waals surface area contributed by atoms with Crippen LogP contribution < -0.4 is 5.73 Å². The molecule has 6 nitrogen and oxygen atoms in total. The largest absolute Gasteiger partial charge is 0.501 e. The van der Waals surface area contributed by atoms with Crippen molar-refractivity contribution >= 4 is 29.6 Å². The second-order valence-electron chi connectivity index (χ2n) is 5.81. The molecule has 0 radical (unpaired) electrons. The molecule has 2 aliphatic heterocycles. The zero-order valence-corrected chi connectivity index (χ0v) is 14.2. The maximum Gasteiger partial charge on any atom is 0.312 e. The van der Waals surface area contributed by atoms with Gasteiger partial charge in [0.25, 0.3) is 5.84 Å². The van der Waals surface area contributed by atoms with Crippen LogP contribution in [0.15, 0.2) is 50.1 Å². The van der Waals surface area contributed by atoms with Crippen LogP contribution in [-0.4, -0.2) is 34.2 Å². The molecule has 0 aromatic rings. The lowest BCUT2D eigenvalue weighted by molar-refractivity contribution is -0.693. The number of quaternary nitrogens is 1. The van der Waals surface area contributed by atoms with Gasteiger partial charge < -0.3 is 10.8 Å². The monoisotopic (exact) mass is 336 g/mol. The smallest absolute Gasteiger partial charge is 0.312 e. The van der Waals surface area contributed by atoms with Crippen LogP contribution in [0.3, 0.4) is 0 Å². The highest BCUT2D eigenvalue weighted by molar-refractivity contribution is 6.34. The number of nitrogens with zero attached hydrogens (tertiary/aromatic N) is 2. The second-order valence-corrected chi connectivity index (χ2v) is 6.22. The van der Waals surface area contributed by atoms with Gasteiger partial charge in [-0.1, -0.05) is 11.6 Å². The van der Waals surface area contributed by atoms with Gasteiger partial charge in [0.2, 0.25) is 5.76 Å². The molecule has 122 valence electrons. The molecule has 23 heavy (non-hydrogen) atoms. The molecule has 0 aromatic carbocycles. The SMILES string of the molecule is CC(=O)C(=C(C)N)C1=C(O)C2=NC(C)=C(C)C[N+]2(C=O)C=C1Cl. The van der Waals surface area contributed by atoms with E-state index in [1.54, 1.807) is 13.8 Å². The number of hydrogen-bond acceptors (Lipinski definition) is 5. The summed E-state index contributed by atoms with van der Waals surface area (Å²) in [6, 6.07) is 0. The third kappa shape index (κ3) is 2.64. The van der Waals surface area contributed by atoms with Crippen molar-refractivity contribution in [2.75, 3.05) is 6.54 Å². The zero-order chi connectivity index (χ0) is 17.5. The molecule has 0 saturated heterocycles. The number of Topliss-reactive ketones (excluding diaryl/α,β-unsaturated/α-hetero) is 1. The fourth-order valence-corrected chi connectivity index (χ4v) is 3.14. The number of ketones is 1. The molecule has 1 amide bonds. The third-order valence-electron chi connectivity index (χ3n) is 4.00. The lowest BCUT2D eigenvalue weighted by Gasteiger charge is -2.35. The van der Waals surface area contributed by atoms with E-state index in [1.807, 2.05) is 6.92 Å². The van der Waals surface area contributed by atoms with E-state index in [9.17, 15) is 14.7 Å². The summed E-state index contributed by atoms with van der Waals surface area (Å²) in [6.45, 7) is 6.87. The van der Waals surface area contributed by atoms with Gasteiger partial charge in [-0.15, -0.1) is 0 Å². The molecule has 0 bridgehead atoms. The van der Waals surface area contributed by atoms with Crippen LogP contribution in [0, 0.1) is 0 Å². The molecular weight excluding hydrogens is 318 g/mol. The zero-order valence-electron chi connectivity index (χ0n) is 13.5. The minimum Gasteiger partial charge on any atom is -0.501 e. The highest BCUT2D eigenvalue weighted by Crippen LogP contribution is 2.37. The Morgan fingerprint density at radius 1 is 1.43 bits per heavy atom. The molecule has 1 unspecified atom stereocenters. The third-order valence-corrected chi connectivity index (χ3v) is 4.29. The van der Waals surface area contributed by atoms with E-state index in [2.05, 4.69) is 4.99 Å². The summed E-state index contributed by atoms with van der Waals surface area (Å²) in [5.41, 5.74) is 7.87. The number of allylic oxidation sites excluding steroid dienone is 5. The van der Waals surface area contributed by atoms with E-state index in [-0.39, 0.29) is 43.7 Å². The molecule has 7 heteroatoms. The number of halogens is 1. The van der Waals surface area contributed by atoms with Gasteiger partial charge in [-0.2, -0.15) is 9.48 Å². The summed E-state index contributed by atoms with van der Waals surface area (Å²) in [5.74, 6) is -0.488. The maximum atomic E-state index is 11.9. The van der Waals surface area contributed by atoms with E-state index in [0.29, 0.717) is 18.7 Å². The molecule has 0 aromatic heterocycles. The predicted octanol–water partition coefficient (Wildman–Crippen LogP) is 2.39. The van der Waals surface area contributed by atoms with E-state index < -0.39 is 0 Å². The number of carbonyl (C=O) groups is 2. The van der Waals surface area contributed by atoms with Gasteiger partial charge in [-0.25, -0.2) is 4.79 Å². The van der Waals surface area contributed by atoms with Crippen LogP contribution in [0.25, 0.3) is 0 Å². The molecule has 0 saturated carbocycles. The molecule has 0 fully saturated rings. The van der Waals surface area contributed by atoms with Crippen LogP contribution in [0.2, 0.25) is 0 Å². The van der Waals surface area contributed by atoms with Crippen LogP contribution in [0.4, 0.5) is 0 Å². The lowest BCUT2D eigenvalue weighted by atomic mass is 9.95. The number of aliphatic hydroxyl groups excluding tert-OH is 1. The Kier molecular flexibility index (Phi) is 4.32. The Morgan fingerprint density at radius 2 is 2.04 bits per heavy atom. The maximum absolute atomic E-state index is 11.9. The lowest BCUT2D eigenvalue weighted by Crippen LogP contribution is -2.52. The van der Waals surface area contributed by atoms with E-state index >= 15 is 0 Å². The summed E-state index contributed by atoms with van der Waals surface area (Å²) in [5, 5.41) is 10.8. The average molecular weight is 337 g/mol.